The van der Waals surface area contributed by atoms with E-state index in [2.05, 4.69) is 0 Å². The van der Waals surface area contributed by atoms with Gasteiger partial charge in [0, 0.05) is 18.4 Å². The van der Waals surface area contributed by atoms with E-state index >= 15 is 0 Å². The number of ether oxygens (including phenoxy) is 1. The van der Waals surface area contributed by atoms with Crippen molar-refractivity contribution in [3.63, 3.8) is 0 Å². The number of hydrogen-bond acceptors (Lipinski definition) is 4. The smallest absolute Gasteiger partial charge is 1.00 e. The molecular formula is C16H28CaO5. The fraction of sp³-hybridized carbons (Fsp3) is 0.688. The molecule has 1 N–H and O–H groups in total. The quantitative estimate of drug-likeness (QED) is 0.216. The van der Waals surface area contributed by atoms with Gasteiger partial charge in [0.25, 0.3) is 0 Å². The number of unbranched alkanes of at least 4 members (excludes halogenated alkanes) is 5. The van der Waals surface area contributed by atoms with E-state index in [1.54, 1.807) is 20.8 Å². The van der Waals surface area contributed by atoms with Crippen LogP contribution in [0.25, 0.3) is 0 Å². The molecule has 0 saturated heterocycles. The first-order chi connectivity index (χ1) is 9.84. The van der Waals surface area contributed by atoms with E-state index in [0.29, 0.717) is 18.4 Å². The van der Waals surface area contributed by atoms with Gasteiger partial charge >= 0.3 is 55.6 Å². The zero-order valence-electron chi connectivity index (χ0n) is 15.9. The van der Waals surface area contributed by atoms with Crippen LogP contribution in [0.15, 0.2) is 11.1 Å². The number of carboxylic acids is 1. The molecule has 0 aromatic rings. The van der Waals surface area contributed by atoms with Crippen LogP contribution in [0.4, 0.5) is 0 Å². The molecule has 5 nitrogen and oxygen atoms in total. The minimum Gasteiger partial charge on any atom is -1.00 e. The molecule has 22 heavy (non-hydrogen) atoms. The van der Waals surface area contributed by atoms with Crippen LogP contribution in [-0.4, -0.2) is 60.8 Å². The summed E-state index contributed by atoms with van der Waals surface area (Å²) in [5.74, 6) is -1.80. The number of aliphatic carboxylic acids is 1. The van der Waals surface area contributed by atoms with Crippen molar-refractivity contribution in [2.75, 3.05) is 0 Å². The van der Waals surface area contributed by atoms with Crippen LogP contribution in [0.5, 0.6) is 0 Å². The van der Waals surface area contributed by atoms with Gasteiger partial charge in [-0.25, -0.2) is 4.79 Å². The van der Waals surface area contributed by atoms with E-state index in [0.717, 1.165) is 31.3 Å². The summed E-state index contributed by atoms with van der Waals surface area (Å²) in [5, 5.41) is 8.48. The Balaban J connectivity index is -0.000000667. The molecule has 0 saturated carbocycles. The summed E-state index contributed by atoms with van der Waals surface area (Å²) in [4.78, 5) is 33.3. The van der Waals surface area contributed by atoms with Gasteiger partial charge in [-0.2, -0.15) is 0 Å². The Morgan fingerprint density at radius 3 is 1.77 bits per heavy atom. The average Bonchev–Trinajstić information content (AvgIpc) is 2.40. The van der Waals surface area contributed by atoms with Gasteiger partial charge in [-0.05, 0) is 33.6 Å². The van der Waals surface area contributed by atoms with Crippen molar-refractivity contribution < 1.29 is 27.1 Å². The molecule has 0 aliphatic rings. The van der Waals surface area contributed by atoms with Crippen LogP contribution in [0.1, 0.15) is 75.0 Å². The maximum absolute atomic E-state index is 11.5. The molecule has 0 heterocycles. The molecule has 0 atom stereocenters. The first-order valence-corrected chi connectivity index (χ1v) is 7.45. The Morgan fingerprint density at radius 2 is 1.32 bits per heavy atom. The van der Waals surface area contributed by atoms with E-state index < -0.39 is 17.9 Å². The molecule has 124 valence electrons. The summed E-state index contributed by atoms with van der Waals surface area (Å²) in [6, 6.07) is 0. The minimum absolute atomic E-state index is 0. The number of esters is 2. The predicted octanol–water partition coefficient (Wildman–Crippen LogP) is 3.46. The molecule has 0 rings (SSSR count). The standard InChI is InChI=1S/C16H26O5.Ca.2H/c1-12(2)13(3)16(20)21-15(19)11-9-7-5-4-6-8-10-14(17)18;;;/h4-11H2,1-3H3,(H,17,18);;;/q;+2;2*-1. The summed E-state index contributed by atoms with van der Waals surface area (Å²) in [6.45, 7) is 5.24. The maximum atomic E-state index is 11.5. The molecule has 0 unspecified atom stereocenters. The second kappa shape index (κ2) is 14.2. The third kappa shape index (κ3) is 13.3. The number of hydrogen-bond donors (Lipinski definition) is 1. The fourth-order valence-electron chi connectivity index (χ4n) is 1.69. The van der Waals surface area contributed by atoms with E-state index in [4.69, 9.17) is 9.84 Å². The van der Waals surface area contributed by atoms with Crippen LogP contribution < -0.4 is 0 Å². The first-order valence-electron chi connectivity index (χ1n) is 7.45. The van der Waals surface area contributed by atoms with Crippen molar-refractivity contribution in [3.8, 4) is 0 Å². The third-order valence-electron chi connectivity index (χ3n) is 3.28. The van der Waals surface area contributed by atoms with Gasteiger partial charge in [-0.15, -0.1) is 0 Å². The van der Waals surface area contributed by atoms with Crippen molar-refractivity contribution in [1.82, 2.24) is 0 Å². The molecule has 0 bridgehead atoms. The van der Waals surface area contributed by atoms with Crippen LogP contribution >= 0.6 is 0 Å². The molecular weight excluding hydrogens is 312 g/mol. The topological polar surface area (TPSA) is 80.7 Å². The van der Waals surface area contributed by atoms with Gasteiger partial charge in [0.2, 0.25) is 0 Å². The zero-order valence-corrected chi connectivity index (χ0v) is 16.2. The maximum Gasteiger partial charge on any atom is 2.00 e. The van der Waals surface area contributed by atoms with Crippen molar-refractivity contribution in [3.05, 3.63) is 11.1 Å². The summed E-state index contributed by atoms with van der Waals surface area (Å²) in [6.07, 6.45) is 5.58. The Bertz CT molecular complexity index is 407. The Labute approximate surface area is 165 Å². The van der Waals surface area contributed by atoms with Crippen molar-refractivity contribution in [2.45, 2.75) is 72.1 Å². The van der Waals surface area contributed by atoms with Gasteiger partial charge in [0.05, 0.1) is 0 Å². The number of carboxylic acid groups (broad SMARTS) is 1. The van der Waals surface area contributed by atoms with Crippen molar-refractivity contribution in [1.29, 1.82) is 0 Å². The monoisotopic (exact) mass is 340 g/mol. The third-order valence-corrected chi connectivity index (χ3v) is 3.28. The average molecular weight is 340 g/mol. The van der Waals surface area contributed by atoms with Gasteiger partial charge in [0.15, 0.2) is 0 Å². The first kappa shape index (κ1) is 23.9. The van der Waals surface area contributed by atoms with Gasteiger partial charge in [0.1, 0.15) is 0 Å². The molecule has 0 radical (unpaired) electrons. The summed E-state index contributed by atoms with van der Waals surface area (Å²) < 4.78 is 4.74. The van der Waals surface area contributed by atoms with E-state index in [1.165, 1.54) is 0 Å². The Kier molecular flexibility index (Phi) is 15.4. The minimum atomic E-state index is -0.755. The normalized spacial score (nSPS) is 9.59. The number of allylic oxidation sites excluding steroid dienone is 1. The Morgan fingerprint density at radius 1 is 0.864 bits per heavy atom. The number of carbonyl (C=O) groups excluding carboxylic acids is 2. The molecule has 0 aromatic carbocycles. The fourth-order valence-corrected chi connectivity index (χ4v) is 1.69. The molecule has 0 spiro atoms. The van der Waals surface area contributed by atoms with Gasteiger partial charge < -0.3 is 12.7 Å². The second-order valence-corrected chi connectivity index (χ2v) is 5.40. The van der Waals surface area contributed by atoms with Gasteiger partial charge in [-0.3, -0.25) is 9.59 Å². The Hall–Kier alpha value is -0.390. The molecule has 0 fully saturated rings. The van der Waals surface area contributed by atoms with Crippen LogP contribution in [-0.2, 0) is 19.1 Å². The van der Waals surface area contributed by atoms with Crippen LogP contribution in [0, 0.1) is 0 Å². The van der Waals surface area contributed by atoms with Crippen molar-refractivity contribution in [2.24, 2.45) is 0 Å². The molecule has 6 heteroatoms. The second-order valence-electron chi connectivity index (χ2n) is 5.40. The van der Waals surface area contributed by atoms with Crippen LogP contribution in [0.3, 0.4) is 0 Å². The number of carbonyl (C=O) groups is 3. The summed E-state index contributed by atoms with van der Waals surface area (Å²) >= 11 is 0. The van der Waals surface area contributed by atoms with E-state index in [1.807, 2.05) is 0 Å². The van der Waals surface area contributed by atoms with Crippen molar-refractivity contribution >= 4 is 55.6 Å². The molecule has 0 amide bonds. The largest absolute Gasteiger partial charge is 2.00 e. The SMILES string of the molecule is CC(C)=C(C)C(=O)OC(=O)CCCCCCCCC(=O)O.[Ca+2].[H-].[H-]. The molecule has 0 aliphatic heterocycles. The number of rotatable bonds is 10. The predicted molar refractivity (Wildman–Crippen MR) is 87.7 cm³/mol. The molecule has 0 aromatic heterocycles. The van der Waals surface area contributed by atoms with E-state index in [-0.39, 0.29) is 53.4 Å². The summed E-state index contributed by atoms with van der Waals surface area (Å²) in [7, 11) is 0. The van der Waals surface area contributed by atoms with Crippen LogP contribution in [0.2, 0.25) is 0 Å². The molecule has 0 aliphatic carbocycles. The summed E-state index contributed by atoms with van der Waals surface area (Å²) in [5.41, 5.74) is 1.32. The zero-order chi connectivity index (χ0) is 16.3. The van der Waals surface area contributed by atoms with E-state index in [9.17, 15) is 14.4 Å². The van der Waals surface area contributed by atoms with Gasteiger partial charge in [-0.1, -0.05) is 31.3 Å².